The number of hydrogen-bond acceptors (Lipinski definition) is 5. The third-order valence-electron chi connectivity index (χ3n) is 4.50. The van der Waals surface area contributed by atoms with Gasteiger partial charge in [-0.2, -0.15) is 8.42 Å². The first-order chi connectivity index (χ1) is 12.7. The molecule has 0 aliphatic carbocycles. The Kier molecular flexibility index (Phi) is 5.32. The molecule has 0 saturated carbocycles. The van der Waals surface area contributed by atoms with E-state index < -0.39 is 33.6 Å². The zero-order valence-corrected chi connectivity index (χ0v) is 16.1. The number of anilines is 1. The lowest BCUT2D eigenvalue weighted by atomic mass is 9.98. The summed E-state index contributed by atoms with van der Waals surface area (Å²) in [6.45, 7) is 1.30. The first-order valence-electron chi connectivity index (χ1n) is 8.08. The van der Waals surface area contributed by atoms with E-state index in [1.54, 1.807) is 48.5 Å². The van der Waals surface area contributed by atoms with E-state index >= 15 is 0 Å². The molecule has 2 aromatic rings. The summed E-state index contributed by atoms with van der Waals surface area (Å²) in [4.78, 5) is 13.9. The van der Waals surface area contributed by atoms with Gasteiger partial charge in [0.2, 0.25) is 0 Å². The van der Waals surface area contributed by atoms with Gasteiger partial charge in [-0.1, -0.05) is 23.7 Å². The third kappa shape index (κ3) is 3.87. The number of methoxy groups -OCH3 is 1. The van der Waals surface area contributed by atoms with Crippen LogP contribution in [0.5, 0.6) is 5.75 Å². The van der Waals surface area contributed by atoms with E-state index in [0.29, 0.717) is 22.0 Å². The van der Waals surface area contributed by atoms with Crippen LogP contribution >= 0.6 is 11.6 Å². The van der Waals surface area contributed by atoms with Gasteiger partial charge >= 0.3 is 6.09 Å². The Morgan fingerprint density at radius 3 is 2.48 bits per heavy atom. The van der Waals surface area contributed by atoms with Crippen LogP contribution in [-0.2, 0) is 14.9 Å². The smallest absolute Gasteiger partial charge is 0.415 e. The van der Waals surface area contributed by atoms with Gasteiger partial charge in [0.25, 0.3) is 10.1 Å². The highest BCUT2D eigenvalue weighted by atomic mass is 35.5. The van der Waals surface area contributed by atoms with Gasteiger partial charge < -0.3 is 9.47 Å². The van der Waals surface area contributed by atoms with Gasteiger partial charge in [-0.3, -0.25) is 9.45 Å². The summed E-state index contributed by atoms with van der Waals surface area (Å²) in [5.41, 5.74) is 1.10. The molecule has 1 aliphatic heterocycles. The first kappa shape index (κ1) is 19.5. The van der Waals surface area contributed by atoms with Crippen LogP contribution < -0.4 is 9.64 Å². The Balaban J connectivity index is 2.13. The molecule has 1 heterocycles. The SMILES string of the molecule is COc1cccc([C@H]2[C@H](C(C)S(=O)(=O)O)OC(=O)N2c2ccc(Cl)cc2)c1. The number of amides is 1. The van der Waals surface area contributed by atoms with Gasteiger partial charge in [0.05, 0.1) is 7.11 Å². The van der Waals surface area contributed by atoms with Gasteiger partial charge in [-0.25, -0.2) is 4.79 Å². The molecule has 0 bridgehead atoms. The maximum absolute atomic E-state index is 12.6. The maximum atomic E-state index is 12.6. The summed E-state index contributed by atoms with van der Waals surface area (Å²) in [6, 6.07) is 12.6. The Morgan fingerprint density at radius 2 is 1.89 bits per heavy atom. The number of nitrogens with zero attached hydrogens (tertiary/aromatic N) is 1. The second-order valence-electron chi connectivity index (χ2n) is 6.14. The largest absolute Gasteiger partial charge is 0.497 e. The van der Waals surface area contributed by atoms with E-state index in [1.807, 2.05) is 0 Å². The molecule has 1 unspecified atom stereocenters. The summed E-state index contributed by atoms with van der Waals surface area (Å²) < 4.78 is 43.5. The van der Waals surface area contributed by atoms with Gasteiger partial charge in [-0.15, -0.1) is 0 Å². The van der Waals surface area contributed by atoms with Crippen molar-refractivity contribution in [2.24, 2.45) is 0 Å². The minimum atomic E-state index is -4.43. The van der Waals surface area contributed by atoms with E-state index in [4.69, 9.17) is 21.1 Å². The second kappa shape index (κ2) is 7.38. The summed E-state index contributed by atoms with van der Waals surface area (Å²) >= 11 is 5.92. The summed E-state index contributed by atoms with van der Waals surface area (Å²) in [5.74, 6) is 0.543. The van der Waals surface area contributed by atoms with Gasteiger partial charge in [0.1, 0.15) is 23.1 Å². The van der Waals surface area contributed by atoms with Gasteiger partial charge in [0.15, 0.2) is 0 Å². The van der Waals surface area contributed by atoms with Crippen molar-refractivity contribution in [3.8, 4) is 5.75 Å². The van der Waals surface area contributed by atoms with Gasteiger partial charge in [-0.05, 0) is 48.9 Å². The quantitative estimate of drug-likeness (QED) is 0.754. The van der Waals surface area contributed by atoms with Crippen LogP contribution in [0.15, 0.2) is 48.5 Å². The molecule has 1 saturated heterocycles. The van der Waals surface area contributed by atoms with Crippen molar-refractivity contribution < 1.29 is 27.2 Å². The van der Waals surface area contributed by atoms with Crippen molar-refractivity contribution >= 4 is 33.5 Å². The monoisotopic (exact) mass is 411 g/mol. The Morgan fingerprint density at radius 1 is 1.22 bits per heavy atom. The normalized spacial score (nSPS) is 21.0. The average Bonchev–Trinajstić information content (AvgIpc) is 2.98. The number of carbonyl (C=O) groups is 1. The predicted octanol–water partition coefficient (Wildman–Crippen LogP) is 3.69. The fraction of sp³-hybridized carbons (Fsp3) is 0.278. The molecule has 2 aromatic carbocycles. The van der Waals surface area contributed by atoms with Crippen LogP contribution in [0.25, 0.3) is 0 Å². The van der Waals surface area contributed by atoms with Crippen molar-refractivity contribution in [1.82, 2.24) is 0 Å². The van der Waals surface area contributed by atoms with Crippen molar-refractivity contribution in [3.05, 3.63) is 59.1 Å². The molecule has 144 valence electrons. The van der Waals surface area contributed by atoms with Crippen LogP contribution in [0.4, 0.5) is 10.5 Å². The number of rotatable bonds is 5. The molecule has 9 heteroatoms. The van der Waals surface area contributed by atoms with Crippen LogP contribution in [0.1, 0.15) is 18.5 Å². The van der Waals surface area contributed by atoms with E-state index in [0.717, 1.165) is 0 Å². The Bertz CT molecular complexity index is 947. The lowest BCUT2D eigenvalue weighted by Gasteiger charge is -2.27. The fourth-order valence-corrected chi connectivity index (χ4v) is 3.72. The molecule has 7 nitrogen and oxygen atoms in total. The molecule has 0 spiro atoms. The average molecular weight is 412 g/mol. The predicted molar refractivity (Wildman–Crippen MR) is 101 cm³/mol. The molecule has 0 aromatic heterocycles. The molecule has 0 radical (unpaired) electrons. The molecule has 3 rings (SSSR count). The molecular formula is C18H18ClNO6S. The molecule has 1 fully saturated rings. The van der Waals surface area contributed by atoms with E-state index in [2.05, 4.69) is 0 Å². The lowest BCUT2D eigenvalue weighted by molar-refractivity contribution is 0.129. The Labute approximate surface area is 162 Å². The minimum Gasteiger partial charge on any atom is -0.497 e. The van der Waals surface area contributed by atoms with Crippen molar-refractivity contribution in [3.63, 3.8) is 0 Å². The van der Waals surface area contributed by atoms with Gasteiger partial charge in [0, 0.05) is 10.7 Å². The number of cyclic esters (lactones) is 1. The van der Waals surface area contributed by atoms with E-state index in [9.17, 15) is 17.8 Å². The topological polar surface area (TPSA) is 93.1 Å². The summed E-state index contributed by atoms with van der Waals surface area (Å²) in [5, 5.41) is -0.831. The zero-order chi connectivity index (χ0) is 19.8. The number of benzene rings is 2. The van der Waals surface area contributed by atoms with Crippen molar-refractivity contribution in [2.45, 2.75) is 24.3 Å². The highest BCUT2D eigenvalue weighted by Crippen LogP contribution is 2.41. The van der Waals surface area contributed by atoms with Crippen LogP contribution in [0.2, 0.25) is 5.02 Å². The number of halogens is 1. The Hall–Kier alpha value is -2.29. The minimum absolute atomic E-state index is 0.488. The highest BCUT2D eigenvalue weighted by Gasteiger charge is 2.49. The molecule has 27 heavy (non-hydrogen) atoms. The summed E-state index contributed by atoms with van der Waals surface area (Å²) in [6.07, 6.45) is -1.83. The van der Waals surface area contributed by atoms with Crippen LogP contribution in [-0.4, -0.2) is 37.5 Å². The fourth-order valence-electron chi connectivity index (χ4n) is 3.05. The number of ether oxygens (including phenoxy) is 2. The van der Waals surface area contributed by atoms with Crippen molar-refractivity contribution in [1.29, 1.82) is 0 Å². The molecule has 3 atom stereocenters. The molecular weight excluding hydrogens is 394 g/mol. The second-order valence-corrected chi connectivity index (χ2v) is 8.35. The van der Waals surface area contributed by atoms with Crippen molar-refractivity contribution in [2.75, 3.05) is 12.0 Å². The highest BCUT2D eigenvalue weighted by molar-refractivity contribution is 7.86. The molecule has 1 aliphatic rings. The van der Waals surface area contributed by atoms with E-state index in [-0.39, 0.29) is 0 Å². The first-order valence-corrected chi connectivity index (χ1v) is 9.96. The molecule has 1 amide bonds. The lowest BCUT2D eigenvalue weighted by Crippen LogP contribution is -2.37. The van der Waals surface area contributed by atoms with Crippen LogP contribution in [0, 0.1) is 0 Å². The number of carbonyl (C=O) groups excluding carboxylic acids is 1. The zero-order valence-electron chi connectivity index (χ0n) is 14.6. The number of hydrogen-bond donors (Lipinski definition) is 1. The summed E-state index contributed by atoms with van der Waals surface area (Å²) in [7, 11) is -2.93. The standard InChI is InChI=1S/C18H18ClNO6S/c1-11(27(22,23)24)17-16(12-4-3-5-15(10-12)25-2)20(18(21)26-17)14-8-6-13(19)7-9-14/h3-11,16-17H,1-2H3,(H,22,23,24)/t11?,16-,17-/m0/s1. The van der Waals surface area contributed by atoms with Crippen LogP contribution in [0.3, 0.4) is 0 Å². The van der Waals surface area contributed by atoms with E-state index in [1.165, 1.54) is 18.9 Å². The molecule has 1 N–H and O–H groups in total. The maximum Gasteiger partial charge on any atom is 0.415 e. The third-order valence-corrected chi connectivity index (χ3v) is 5.96.